The number of aromatic nitrogens is 1. The Morgan fingerprint density at radius 3 is 2.20 bits per heavy atom. The molecule has 0 spiro atoms. The van der Waals surface area contributed by atoms with Crippen LogP contribution >= 0.6 is 11.3 Å². The molecule has 0 atom stereocenters. The Labute approximate surface area is 152 Å². The summed E-state index contributed by atoms with van der Waals surface area (Å²) < 4.78 is 0. The number of hydrogen-bond acceptors (Lipinski definition) is 5. The SMILES string of the molecule is CC(C)(C)C(=O)c1sc(NC(=O)c2ccccc2O)nc1C(C)(C)C. The highest BCUT2D eigenvalue weighted by molar-refractivity contribution is 7.17. The lowest BCUT2D eigenvalue weighted by Crippen LogP contribution is -2.24. The van der Waals surface area contributed by atoms with Gasteiger partial charge in [0.25, 0.3) is 5.91 Å². The fraction of sp³-hybridized carbons (Fsp3) is 0.421. The fourth-order valence-electron chi connectivity index (χ4n) is 2.21. The van der Waals surface area contributed by atoms with Gasteiger partial charge in [0.05, 0.1) is 16.1 Å². The van der Waals surface area contributed by atoms with Crippen LogP contribution in [0.3, 0.4) is 0 Å². The zero-order valence-electron chi connectivity index (χ0n) is 15.4. The number of carbonyl (C=O) groups is 2. The summed E-state index contributed by atoms with van der Waals surface area (Å²) in [5.74, 6) is -0.557. The van der Waals surface area contributed by atoms with Gasteiger partial charge in [0.1, 0.15) is 5.75 Å². The number of nitrogens with one attached hydrogen (secondary N) is 1. The number of benzene rings is 1. The number of aromatic hydroxyl groups is 1. The average Bonchev–Trinajstić information content (AvgIpc) is 2.89. The first-order valence-corrected chi connectivity index (χ1v) is 8.88. The van der Waals surface area contributed by atoms with Crippen LogP contribution < -0.4 is 5.32 Å². The van der Waals surface area contributed by atoms with Crippen LogP contribution in [0.4, 0.5) is 5.13 Å². The lowest BCUT2D eigenvalue weighted by Gasteiger charge is -2.21. The van der Waals surface area contributed by atoms with E-state index in [9.17, 15) is 14.7 Å². The number of carbonyl (C=O) groups excluding carboxylic acids is 2. The highest BCUT2D eigenvalue weighted by Gasteiger charge is 2.33. The van der Waals surface area contributed by atoms with Crippen molar-refractivity contribution in [3.63, 3.8) is 0 Å². The lowest BCUT2D eigenvalue weighted by molar-refractivity contribution is 0.0860. The maximum absolute atomic E-state index is 12.8. The van der Waals surface area contributed by atoms with Gasteiger partial charge < -0.3 is 5.11 Å². The Hall–Kier alpha value is -2.21. The van der Waals surface area contributed by atoms with Gasteiger partial charge in [-0.25, -0.2) is 4.98 Å². The molecule has 134 valence electrons. The Bertz CT molecular complexity index is 811. The summed E-state index contributed by atoms with van der Waals surface area (Å²) >= 11 is 1.18. The Morgan fingerprint density at radius 1 is 1.08 bits per heavy atom. The van der Waals surface area contributed by atoms with E-state index in [0.29, 0.717) is 15.7 Å². The fourth-order valence-corrected chi connectivity index (χ4v) is 3.53. The molecule has 0 fully saturated rings. The topological polar surface area (TPSA) is 79.3 Å². The molecule has 2 N–H and O–H groups in total. The Balaban J connectivity index is 2.40. The summed E-state index contributed by atoms with van der Waals surface area (Å²) in [5.41, 5.74) is -0.0282. The van der Waals surface area contributed by atoms with E-state index in [1.165, 1.54) is 23.5 Å². The number of amides is 1. The molecule has 0 aliphatic carbocycles. The summed E-state index contributed by atoms with van der Waals surface area (Å²) in [6, 6.07) is 6.30. The predicted octanol–water partition coefficient (Wildman–Crippen LogP) is 4.63. The third-order valence-corrected chi connectivity index (χ3v) is 4.56. The second-order valence-corrected chi connectivity index (χ2v) is 9.00. The van der Waals surface area contributed by atoms with Crippen LogP contribution in [0.15, 0.2) is 24.3 Å². The van der Waals surface area contributed by atoms with Crippen molar-refractivity contribution in [2.24, 2.45) is 5.41 Å². The molecular weight excluding hydrogens is 336 g/mol. The summed E-state index contributed by atoms with van der Waals surface area (Å²) in [4.78, 5) is 30.2. The van der Waals surface area contributed by atoms with Gasteiger partial charge >= 0.3 is 0 Å². The standard InChI is InChI=1S/C19H24N2O3S/c1-18(2,3)14-13(15(23)19(4,5)6)25-17(20-14)21-16(24)11-9-7-8-10-12(11)22/h7-10,22H,1-6H3,(H,20,21,24). The van der Waals surface area contributed by atoms with Crippen molar-refractivity contribution < 1.29 is 14.7 Å². The molecule has 0 saturated carbocycles. The van der Waals surface area contributed by atoms with Crippen LogP contribution in [-0.2, 0) is 5.41 Å². The molecule has 6 heteroatoms. The van der Waals surface area contributed by atoms with Gasteiger partial charge in [-0.1, -0.05) is 65.0 Å². The van der Waals surface area contributed by atoms with Crippen molar-refractivity contribution in [3.05, 3.63) is 40.4 Å². The van der Waals surface area contributed by atoms with E-state index in [1.807, 2.05) is 41.5 Å². The quantitative estimate of drug-likeness (QED) is 0.782. The first-order valence-electron chi connectivity index (χ1n) is 8.06. The van der Waals surface area contributed by atoms with Crippen LogP contribution in [0.1, 0.15) is 67.3 Å². The van der Waals surface area contributed by atoms with Crippen LogP contribution in [0.25, 0.3) is 0 Å². The van der Waals surface area contributed by atoms with E-state index in [-0.39, 0.29) is 22.5 Å². The van der Waals surface area contributed by atoms with Crippen molar-refractivity contribution >= 4 is 28.2 Å². The van der Waals surface area contributed by atoms with E-state index in [2.05, 4.69) is 10.3 Å². The van der Waals surface area contributed by atoms with Gasteiger partial charge in [-0.3, -0.25) is 14.9 Å². The number of hydrogen-bond donors (Lipinski definition) is 2. The van der Waals surface area contributed by atoms with Crippen LogP contribution in [0.5, 0.6) is 5.75 Å². The molecule has 0 unspecified atom stereocenters. The van der Waals surface area contributed by atoms with Crippen LogP contribution in [0, 0.1) is 5.41 Å². The van der Waals surface area contributed by atoms with Crippen molar-refractivity contribution in [2.75, 3.05) is 5.32 Å². The molecule has 0 aliphatic heterocycles. The minimum absolute atomic E-state index is 0.00187. The normalized spacial score (nSPS) is 12.1. The van der Waals surface area contributed by atoms with Gasteiger partial charge in [0, 0.05) is 10.8 Å². The molecule has 1 aromatic carbocycles. The van der Waals surface area contributed by atoms with Crippen LogP contribution in [-0.4, -0.2) is 21.8 Å². The summed E-state index contributed by atoms with van der Waals surface area (Å²) in [6.07, 6.45) is 0. The molecule has 2 rings (SSSR count). The zero-order valence-corrected chi connectivity index (χ0v) is 16.2. The number of nitrogens with zero attached hydrogens (tertiary/aromatic N) is 1. The van der Waals surface area contributed by atoms with E-state index >= 15 is 0 Å². The second-order valence-electron chi connectivity index (χ2n) is 8.00. The third-order valence-electron chi connectivity index (χ3n) is 3.59. The zero-order chi connectivity index (χ0) is 19.0. The molecule has 1 aromatic heterocycles. The molecule has 0 radical (unpaired) electrons. The number of phenols is 1. The molecule has 0 bridgehead atoms. The van der Waals surface area contributed by atoms with Gasteiger partial charge in [-0.15, -0.1) is 0 Å². The number of para-hydroxylation sites is 1. The average molecular weight is 360 g/mol. The van der Waals surface area contributed by atoms with Gasteiger partial charge in [-0.2, -0.15) is 0 Å². The molecule has 0 aliphatic rings. The van der Waals surface area contributed by atoms with Crippen LogP contribution in [0.2, 0.25) is 0 Å². The number of Topliss-reactive ketones (excluding diaryl/α,β-unsaturated/α-hetero) is 1. The maximum atomic E-state index is 12.8. The Morgan fingerprint density at radius 2 is 1.68 bits per heavy atom. The van der Waals surface area contributed by atoms with E-state index < -0.39 is 11.3 Å². The molecule has 2 aromatic rings. The number of thiazole rings is 1. The van der Waals surface area contributed by atoms with Crippen molar-refractivity contribution in [3.8, 4) is 5.75 Å². The largest absolute Gasteiger partial charge is 0.507 e. The summed E-state index contributed by atoms with van der Waals surface area (Å²) in [6.45, 7) is 11.5. The number of phenolic OH excluding ortho intramolecular Hbond substituents is 1. The van der Waals surface area contributed by atoms with Crippen molar-refractivity contribution in [2.45, 2.75) is 47.0 Å². The van der Waals surface area contributed by atoms with E-state index in [1.54, 1.807) is 12.1 Å². The highest BCUT2D eigenvalue weighted by Crippen LogP contribution is 2.36. The minimum atomic E-state index is -0.536. The molecule has 1 amide bonds. The first kappa shape index (κ1) is 19.1. The molecule has 25 heavy (non-hydrogen) atoms. The lowest BCUT2D eigenvalue weighted by atomic mass is 9.84. The minimum Gasteiger partial charge on any atom is -0.507 e. The van der Waals surface area contributed by atoms with Gasteiger partial charge in [0.2, 0.25) is 0 Å². The van der Waals surface area contributed by atoms with Crippen molar-refractivity contribution in [1.82, 2.24) is 4.98 Å². The number of anilines is 1. The van der Waals surface area contributed by atoms with E-state index in [4.69, 9.17) is 0 Å². The van der Waals surface area contributed by atoms with E-state index in [0.717, 1.165) is 0 Å². The summed E-state index contributed by atoms with van der Waals surface area (Å²) in [5, 5.41) is 12.9. The molecule has 5 nitrogen and oxygen atoms in total. The Kier molecular flexibility index (Phi) is 5.04. The van der Waals surface area contributed by atoms with Gasteiger partial charge in [0.15, 0.2) is 10.9 Å². The molecule has 1 heterocycles. The second kappa shape index (κ2) is 6.59. The van der Waals surface area contributed by atoms with Gasteiger partial charge in [-0.05, 0) is 12.1 Å². The maximum Gasteiger partial charge on any atom is 0.261 e. The smallest absolute Gasteiger partial charge is 0.261 e. The molecule has 0 saturated heterocycles. The number of ketones is 1. The predicted molar refractivity (Wildman–Crippen MR) is 101 cm³/mol. The number of rotatable bonds is 3. The summed E-state index contributed by atoms with van der Waals surface area (Å²) in [7, 11) is 0. The third kappa shape index (κ3) is 4.25. The monoisotopic (exact) mass is 360 g/mol. The first-order chi connectivity index (χ1) is 11.4. The van der Waals surface area contributed by atoms with Crippen molar-refractivity contribution in [1.29, 1.82) is 0 Å². The molecular formula is C19H24N2O3S. The highest BCUT2D eigenvalue weighted by atomic mass is 32.1.